The molecule has 1 aliphatic heterocycles. The molecule has 0 saturated carbocycles. The molecule has 0 radical (unpaired) electrons. The Labute approximate surface area is 101 Å². The van der Waals surface area contributed by atoms with Gasteiger partial charge in [0.2, 0.25) is 0 Å². The molecule has 1 saturated heterocycles. The van der Waals surface area contributed by atoms with Crippen LogP contribution in [0.4, 0.5) is 0 Å². The number of amides is 1. The summed E-state index contributed by atoms with van der Waals surface area (Å²) >= 11 is 0. The molecule has 0 aliphatic carbocycles. The number of carbonyl (C=O) groups is 1. The number of hydrogen-bond acceptors (Lipinski definition) is 6. The second kappa shape index (κ2) is 5.30. The van der Waals surface area contributed by atoms with Gasteiger partial charge in [-0.3, -0.25) is 18.7 Å². The molecule has 0 bridgehead atoms. The largest absolute Gasteiger partial charge is 0.292 e. The number of nitrogens with zero attached hydrogens (tertiary/aromatic N) is 2. The summed E-state index contributed by atoms with van der Waals surface area (Å²) in [4.78, 5) is 18.4. The number of likely N-dealkylation sites (tertiary alicyclic amines) is 1. The number of rotatable bonds is 4. The van der Waals surface area contributed by atoms with E-state index in [0.29, 0.717) is 13.0 Å². The Morgan fingerprint density at radius 1 is 1.47 bits per heavy atom. The van der Waals surface area contributed by atoms with Crippen LogP contribution in [0.5, 0.6) is 0 Å². The molecule has 100 valence electrons. The molecular formula is C9H18N2O5S. The van der Waals surface area contributed by atoms with Crippen LogP contribution in [0.3, 0.4) is 0 Å². The molecule has 0 aromatic rings. The van der Waals surface area contributed by atoms with E-state index in [1.54, 1.807) is 11.9 Å². The predicted octanol–water partition coefficient (Wildman–Crippen LogP) is -0.945. The second-order valence-corrected chi connectivity index (χ2v) is 5.73. The smallest absolute Gasteiger partial charge is 0.264 e. The Kier molecular flexibility index (Phi) is 4.48. The first kappa shape index (κ1) is 14.4. The number of hydroxylamine groups is 2. The average molecular weight is 266 g/mol. The van der Waals surface area contributed by atoms with E-state index in [2.05, 4.69) is 0 Å². The monoisotopic (exact) mass is 266 g/mol. The lowest BCUT2D eigenvalue weighted by atomic mass is 10.2. The van der Waals surface area contributed by atoms with E-state index < -0.39 is 22.3 Å². The summed E-state index contributed by atoms with van der Waals surface area (Å²) < 4.78 is 26.9. The quantitative estimate of drug-likeness (QED) is 0.482. The highest BCUT2D eigenvalue weighted by atomic mass is 32.2. The van der Waals surface area contributed by atoms with Gasteiger partial charge in [-0.1, -0.05) is 0 Å². The molecular weight excluding hydrogens is 248 g/mol. The lowest BCUT2D eigenvalue weighted by molar-refractivity contribution is -0.173. The van der Waals surface area contributed by atoms with Gasteiger partial charge in [0, 0.05) is 20.0 Å². The molecule has 1 aliphatic rings. The SMILES string of the molecule is CON(C)C(=O)C1CC(OS(C)(=O)=O)CN1C. The zero-order valence-electron chi connectivity index (χ0n) is 10.4. The van der Waals surface area contributed by atoms with Crippen LogP contribution < -0.4 is 0 Å². The van der Waals surface area contributed by atoms with E-state index in [4.69, 9.17) is 9.02 Å². The van der Waals surface area contributed by atoms with E-state index in [9.17, 15) is 13.2 Å². The lowest BCUT2D eigenvalue weighted by Gasteiger charge is -2.22. The molecule has 0 aromatic carbocycles. The van der Waals surface area contributed by atoms with E-state index in [1.807, 2.05) is 0 Å². The molecule has 0 aromatic heterocycles. The number of likely N-dealkylation sites (N-methyl/N-ethyl adjacent to an activating group) is 2. The third-order valence-corrected chi connectivity index (χ3v) is 3.31. The van der Waals surface area contributed by atoms with Crippen molar-refractivity contribution in [2.75, 3.05) is 34.0 Å². The average Bonchev–Trinajstić information content (AvgIpc) is 2.54. The Hall–Kier alpha value is -0.700. The van der Waals surface area contributed by atoms with Gasteiger partial charge in [0.15, 0.2) is 0 Å². The summed E-state index contributed by atoms with van der Waals surface area (Å²) in [6, 6.07) is -0.410. The third-order valence-electron chi connectivity index (χ3n) is 2.69. The molecule has 1 amide bonds. The minimum atomic E-state index is -3.49. The maximum absolute atomic E-state index is 11.9. The van der Waals surface area contributed by atoms with Crippen LogP contribution in [-0.4, -0.2) is 70.4 Å². The fourth-order valence-corrected chi connectivity index (χ4v) is 2.49. The summed E-state index contributed by atoms with van der Waals surface area (Å²) in [6.45, 7) is 0.404. The normalized spacial score (nSPS) is 26.1. The van der Waals surface area contributed by atoms with E-state index in [1.165, 1.54) is 14.2 Å². The highest BCUT2D eigenvalue weighted by Crippen LogP contribution is 2.21. The first-order valence-corrected chi connectivity index (χ1v) is 6.96. The van der Waals surface area contributed by atoms with E-state index in [0.717, 1.165) is 11.3 Å². The van der Waals surface area contributed by atoms with Crippen LogP contribution in [0.1, 0.15) is 6.42 Å². The Morgan fingerprint density at radius 3 is 2.53 bits per heavy atom. The predicted molar refractivity (Wildman–Crippen MR) is 60.5 cm³/mol. The van der Waals surface area contributed by atoms with Gasteiger partial charge in [-0.15, -0.1) is 0 Å². The van der Waals surface area contributed by atoms with Crippen LogP contribution in [0.25, 0.3) is 0 Å². The molecule has 1 rings (SSSR count). The van der Waals surface area contributed by atoms with Gasteiger partial charge in [0.25, 0.3) is 16.0 Å². The van der Waals surface area contributed by atoms with Gasteiger partial charge < -0.3 is 0 Å². The molecule has 1 heterocycles. The number of carbonyl (C=O) groups excluding carboxylic acids is 1. The zero-order chi connectivity index (χ0) is 13.2. The van der Waals surface area contributed by atoms with Gasteiger partial charge in [0.05, 0.1) is 25.5 Å². The van der Waals surface area contributed by atoms with Crippen molar-refractivity contribution in [3.63, 3.8) is 0 Å². The molecule has 8 heteroatoms. The van der Waals surface area contributed by atoms with Crippen molar-refractivity contribution in [2.45, 2.75) is 18.6 Å². The molecule has 2 unspecified atom stereocenters. The third kappa shape index (κ3) is 3.91. The summed E-state index contributed by atoms with van der Waals surface area (Å²) in [5.74, 6) is -0.213. The Morgan fingerprint density at radius 2 is 2.06 bits per heavy atom. The molecule has 7 nitrogen and oxygen atoms in total. The lowest BCUT2D eigenvalue weighted by Crippen LogP contribution is -2.41. The highest BCUT2D eigenvalue weighted by Gasteiger charge is 2.38. The van der Waals surface area contributed by atoms with Crippen molar-refractivity contribution in [1.82, 2.24) is 9.96 Å². The fraction of sp³-hybridized carbons (Fsp3) is 0.889. The first-order valence-electron chi connectivity index (χ1n) is 5.14. The molecule has 17 heavy (non-hydrogen) atoms. The van der Waals surface area contributed by atoms with Crippen LogP contribution >= 0.6 is 0 Å². The summed E-state index contributed by atoms with van der Waals surface area (Å²) in [6.07, 6.45) is 0.869. The second-order valence-electron chi connectivity index (χ2n) is 4.13. The van der Waals surface area contributed by atoms with Gasteiger partial charge in [-0.25, -0.2) is 5.06 Å². The Bertz CT molecular complexity index is 383. The van der Waals surface area contributed by atoms with Crippen LogP contribution in [0.2, 0.25) is 0 Å². The van der Waals surface area contributed by atoms with Gasteiger partial charge in [0.1, 0.15) is 0 Å². The first-order chi connectivity index (χ1) is 7.74. The fourth-order valence-electron chi connectivity index (χ4n) is 1.86. The van der Waals surface area contributed by atoms with Gasteiger partial charge in [-0.05, 0) is 7.05 Å². The molecule has 1 fully saturated rings. The Balaban J connectivity index is 2.64. The van der Waals surface area contributed by atoms with Crippen molar-refractivity contribution in [1.29, 1.82) is 0 Å². The topological polar surface area (TPSA) is 76.1 Å². The summed E-state index contributed by atoms with van der Waals surface area (Å²) in [5, 5.41) is 1.13. The summed E-state index contributed by atoms with van der Waals surface area (Å²) in [5.41, 5.74) is 0. The van der Waals surface area contributed by atoms with E-state index >= 15 is 0 Å². The summed E-state index contributed by atoms with van der Waals surface area (Å²) in [7, 11) is 1.17. The van der Waals surface area contributed by atoms with E-state index in [-0.39, 0.29) is 5.91 Å². The molecule has 2 atom stereocenters. The van der Waals surface area contributed by atoms with Crippen LogP contribution in [0.15, 0.2) is 0 Å². The maximum atomic E-state index is 11.9. The van der Waals surface area contributed by atoms with Crippen molar-refractivity contribution in [3.8, 4) is 0 Å². The molecule has 0 N–H and O–H groups in total. The van der Waals surface area contributed by atoms with Gasteiger partial charge >= 0.3 is 0 Å². The highest BCUT2D eigenvalue weighted by molar-refractivity contribution is 7.86. The zero-order valence-corrected chi connectivity index (χ0v) is 11.2. The minimum Gasteiger partial charge on any atom is -0.292 e. The van der Waals surface area contributed by atoms with Crippen LogP contribution in [-0.2, 0) is 23.9 Å². The van der Waals surface area contributed by atoms with Gasteiger partial charge in [-0.2, -0.15) is 8.42 Å². The molecule has 0 spiro atoms. The standard InChI is InChI=1S/C9H18N2O5S/c1-10-6-7(16-17(4,13)14)5-8(10)9(12)11(2)15-3/h7-8H,5-6H2,1-4H3. The maximum Gasteiger partial charge on any atom is 0.264 e. The van der Waals surface area contributed by atoms with Crippen molar-refractivity contribution in [3.05, 3.63) is 0 Å². The van der Waals surface area contributed by atoms with Crippen molar-refractivity contribution >= 4 is 16.0 Å². The van der Waals surface area contributed by atoms with Crippen LogP contribution in [0, 0.1) is 0 Å². The number of hydrogen-bond donors (Lipinski definition) is 0. The van der Waals surface area contributed by atoms with Crippen molar-refractivity contribution < 1.29 is 22.2 Å². The van der Waals surface area contributed by atoms with Crippen molar-refractivity contribution in [2.24, 2.45) is 0 Å². The minimum absolute atomic E-state index is 0.213.